The summed E-state index contributed by atoms with van der Waals surface area (Å²) in [4.78, 5) is 9.36. The van der Waals surface area contributed by atoms with Crippen LogP contribution in [-0.2, 0) is 5.72 Å². The number of nitriles is 1. The number of nitro groups is 1. The first kappa shape index (κ1) is 9.16. The first-order valence-electron chi connectivity index (χ1n) is 3.45. The Morgan fingerprint density at radius 1 is 1.46 bits per heavy atom. The minimum atomic E-state index is -2.64. The molecule has 1 N–H and O–H groups in total. The van der Waals surface area contributed by atoms with E-state index in [0.717, 1.165) is 0 Å². The summed E-state index contributed by atoms with van der Waals surface area (Å²) >= 11 is 0. The van der Waals surface area contributed by atoms with Crippen LogP contribution < -0.4 is 0 Å². The Morgan fingerprint density at radius 3 is 2.38 bits per heavy atom. The van der Waals surface area contributed by atoms with Crippen molar-refractivity contribution >= 4 is 0 Å². The van der Waals surface area contributed by atoms with E-state index in [4.69, 9.17) is 5.26 Å². The van der Waals surface area contributed by atoms with Gasteiger partial charge < -0.3 is 5.11 Å². The highest BCUT2D eigenvalue weighted by atomic mass is 16.7. The molecule has 5 heteroatoms. The van der Waals surface area contributed by atoms with Crippen LogP contribution in [0.5, 0.6) is 0 Å². The Kier molecular flexibility index (Phi) is 2.26. The zero-order valence-corrected chi connectivity index (χ0v) is 6.54. The highest BCUT2D eigenvalue weighted by Gasteiger charge is 2.42. The van der Waals surface area contributed by atoms with E-state index < -0.39 is 10.6 Å². The van der Waals surface area contributed by atoms with Crippen LogP contribution in [0, 0.1) is 21.4 Å². The molecule has 0 saturated carbocycles. The standard InChI is InChI=1S/C8H6N2O3/c9-6-8(11,10(12)13)7-4-2-1-3-5-7/h1-5,11H. The molecule has 0 bridgehead atoms. The van der Waals surface area contributed by atoms with E-state index in [9.17, 15) is 15.2 Å². The predicted octanol–water partition coefficient (Wildman–Crippen LogP) is 0.632. The van der Waals surface area contributed by atoms with Gasteiger partial charge in [0.25, 0.3) is 0 Å². The molecular weight excluding hydrogens is 172 g/mol. The fraction of sp³-hybridized carbons (Fsp3) is 0.125. The van der Waals surface area contributed by atoms with Crippen LogP contribution >= 0.6 is 0 Å². The lowest BCUT2D eigenvalue weighted by Gasteiger charge is -2.09. The quantitative estimate of drug-likeness (QED) is 0.311. The van der Waals surface area contributed by atoms with Crippen molar-refractivity contribution in [2.45, 2.75) is 5.72 Å². The van der Waals surface area contributed by atoms with Crippen molar-refractivity contribution in [3.63, 3.8) is 0 Å². The summed E-state index contributed by atoms with van der Waals surface area (Å²) in [6.07, 6.45) is 0. The molecule has 1 rings (SSSR count). The summed E-state index contributed by atoms with van der Waals surface area (Å²) in [5.41, 5.74) is -2.68. The molecule has 0 saturated heterocycles. The van der Waals surface area contributed by atoms with Crippen LogP contribution in [0.3, 0.4) is 0 Å². The van der Waals surface area contributed by atoms with Crippen molar-refractivity contribution in [3.05, 3.63) is 46.0 Å². The molecule has 1 aromatic rings. The third kappa shape index (κ3) is 1.48. The van der Waals surface area contributed by atoms with E-state index in [1.165, 1.54) is 30.3 Å². The van der Waals surface area contributed by atoms with Crippen LogP contribution in [0.2, 0.25) is 0 Å². The molecule has 66 valence electrons. The number of nitrogens with zero attached hydrogens (tertiary/aromatic N) is 2. The summed E-state index contributed by atoms with van der Waals surface area (Å²) in [5, 5.41) is 28.2. The van der Waals surface area contributed by atoms with Crippen molar-refractivity contribution in [2.24, 2.45) is 0 Å². The molecule has 0 amide bonds. The summed E-state index contributed by atoms with van der Waals surface area (Å²) in [7, 11) is 0. The Bertz CT molecular complexity index is 357. The average molecular weight is 178 g/mol. The summed E-state index contributed by atoms with van der Waals surface area (Å²) in [5.74, 6) is 0. The molecule has 1 aromatic carbocycles. The fourth-order valence-electron chi connectivity index (χ4n) is 0.881. The fourth-order valence-corrected chi connectivity index (χ4v) is 0.881. The van der Waals surface area contributed by atoms with Gasteiger partial charge in [0.05, 0.1) is 10.5 Å². The van der Waals surface area contributed by atoms with E-state index in [1.807, 2.05) is 0 Å². The van der Waals surface area contributed by atoms with E-state index in [0.29, 0.717) is 0 Å². The van der Waals surface area contributed by atoms with Gasteiger partial charge in [-0.2, -0.15) is 5.26 Å². The van der Waals surface area contributed by atoms with Crippen LogP contribution in [0.1, 0.15) is 5.56 Å². The van der Waals surface area contributed by atoms with Gasteiger partial charge in [-0.25, -0.2) is 0 Å². The Balaban J connectivity index is 3.21. The van der Waals surface area contributed by atoms with Crippen LogP contribution in [0.25, 0.3) is 0 Å². The van der Waals surface area contributed by atoms with Gasteiger partial charge in [0.2, 0.25) is 0 Å². The van der Waals surface area contributed by atoms with E-state index in [2.05, 4.69) is 0 Å². The second-order valence-electron chi connectivity index (χ2n) is 2.41. The van der Waals surface area contributed by atoms with Crippen LogP contribution in [-0.4, -0.2) is 10.0 Å². The van der Waals surface area contributed by atoms with Gasteiger partial charge in [0.15, 0.2) is 6.07 Å². The molecule has 0 aromatic heterocycles. The Morgan fingerprint density at radius 2 is 2.00 bits per heavy atom. The molecule has 5 nitrogen and oxygen atoms in total. The third-order valence-corrected chi connectivity index (χ3v) is 1.60. The highest BCUT2D eigenvalue weighted by molar-refractivity contribution is 5.24. The summed E-state index contributed by atoms with van der Waals surface area (Å²) in [6.45, 7) is 0. The first-order chi connectivity index (χ1) is 6.11. The van der Waals surface area contributed by atoms with Crippen LogP contribution in [0.15, 0.2) is 30.3 Å². The van der Waals surface area contributed by atoms with Crippen molar-refractivity contribution < 1.29 is 10.0 Å². The normalized spacial score (nSPS) is 14.2. The second-order valence-corrected chi connectivity index (χ2v) is 2.41. The SMILES string of the molecule is N#CC(O)(c1ccccc1)[N+](=O)[O-]. The zero-order valence-electron chi connectivity index (χ0n) is 6.54. The van der Waals surface area contributed by atoms with Gasteiger partial charge in [-0.1, -0.05) is 18.2 Å². The molecule has 0 fully saturated rings. The lowest BCUT2D eigenvalue weighted by Crippen LogP contribution is -2.33. The maximum Gasteiger partial charge on any atom is 0.437 e. The largest absolute Gasteiger partial charge is 0.437 e. The van der Waals surface area contributed by atoms with Gasteiger partial charge >= 0.3 is 5.72 Å². The van der Waals surface area contributed by atoms with E-state index >= 15 is 0 Å². The highest BCUT2D eigenvalue weighted by Crippen LogP contribution is 2.19. The van der Waals surface area contributed by atoms with Gasteiger partial charge in [0.1, 0.15) is 0 Å². The molecule has 0 spiro atoms. The van der Waals surface area contributed by atoms with E-state index in [-0.39, 0.29) is 5.56 Å². The number of hydrogen-bond donors (Lipinski definition) is 1. The zero-order chi connectivity index (χ0) is 9.90. The minimum absolute atomic E-state index is 0.0394. The minimum Gasteiger partial charge on any atom is -0.315 e. The van der Waals surface area contributed by atoms with Gasteiger partial charge in [0, 0.05) is 0 Å². The van der Waals surface area contributed by atoms with Gasteiger partial charge in [-0.05, 0) is 12.1 Å². The molecule has 0 aliphatic carbocycles. The smallest absolute Gasteiger partial charge is 0.315 e. The average Bonchev–Trinajstić information content (AvgIpc) is 2.17. The van der Waals surface area contributed by atoms with Gasteiger partial charge in [-0.3, -0.25) is 10.1 Å². The summed E-state index contributed by atoms with van der Waals surface area (Å²) in [6, 6.07) is 8.57. The molecule has 0 aliphatic heterocycles. The van der Waals surface area contributed by atoms with Crippen LogP contribution in [0.4, 0.5) is 0 Å². The second kappa shape index (κ2) is 3.21. The van der Waals surface area contributed by atoms with Gasteiger partial charge in [-0.15, -0.1) is 0 Å². The molecule has 0 aliphatic rings. The number of hydrogen-bond acceptors (Lipinski definition) is 4. The monoisotopic (exact) mass is 178 g/mol. The van der Waals surface area contributed by atoms with Crippen molar-refractivity contribution in [2.75, 3.05) is 0 Å². The topological polar surface area (TPSA) is 87.2 Å². The third-order valence-electron chi connectivity index (χ3n) is 1.60. The molecular formula is C8H6N2O3. The maximum absolute atomic E-state index is 10.4. The number of benzene rings is 1. The Labute approximate surface area is 74.0 Å². The lowest BCUT2D eigenvalue weighted by atomic mass is 10.1. The molecule has 0 radical (unpaired) electrons. The first-order valence-corrected chi connectivity index (χ1v) is 3.45. The molecule has 0 heterocycles. The molecule has 1 unspecified atom stereocenters. The maximum atomic E-state index is 10.4. The Hall–Kier alpha value is -1.93. The lowest BCUT2D eigenvalue weighted by molar-refractivity contribution is -0.615. The van der Waals surface area contributed by atoms with Crippen molar-refractivity contribution in [1.82, 2.24) is 0 Å². The molecule has 1 atom stereocenters. The predicted molar refractivity (Wildman–Crippen MR) is 42.9 cm³/mol. The summed E-state index contributed by atoms with van der Waals surface area (Å²) < 4.78 is 0. The number of rotatable bonds is 2. The van der Waals surface area contributed by atoms with Crippen molar-refractivity contribution in [3.8, 4) is 6.07 Å². The molecule has 13 heavy (non-hydrogen) atoms. The van der Waals surface area contributed by atoms with E-state index in [1.54, 1.807) is 6.07 Å². The van der Waals surface area contributed by atoms with Crippen molar-refractivity contribution in [1.29, 1.82) is 5.26 Å². The number of aliphatic hydroxyl groups is 1.